The number of nitrogens with one attached hydrogen (secondary N) is 2. The largest absolute Gasteiger partial charge is 0.439 e. The number of aromatic nitrogens is 3. The first-order chi connectivity index (χ1) is 14.6. The highest BCUT2D eigenvalue weighted by molar-refractivity contribution is 6.31. The SMILES string of the molecule is Cc1cnc(Nc2cc(Cl)c(F)c(C(F)(F)F)c2)nc1Nn1c(=O)oc2ccccc21. The number of hydrogen-bond acceptors (Lipinski definition) is 6. The molecule has 0 aliphatic heterocycles. The van der Waals surface area contributed by atoms with E-state index >= 15 is 0 Å². The zero-order chi connectivity index (χ0) is 22.3. The van der Waals surface area contributed by atoms with Crippen molar-refractivity contribution in [2.75, 3.05) is 10.7 Å². The van der Waals surface area contributed by atoms with Crippen molar-refractivity contribution in [2.24, 2.45) is 0 Å². The molecule has 4 rings (SSSR count). The number of fused-ring (bicyclic) bond motifs is 1. The number of nitrogens with zero attached hydrogens (tertiary/aromatic N) is 3. The van der Waals surface area contributed by atoms with Crippen LogP contribution >= 0.6 is 11.6 Å². The maximum atomic E-state index is 13.7. The van der Waals surface area contributed by atoms with E-state index in [1.807, 2.05) is 0 Å². The molecule has 4 aromatic rings. The molecule has 160 valence electrons. The molecule has 2 aromatic carbocycles. The van der Waals surface area contributed by atoms with Crippen LogP contribution in [-0.4, -0.2) is 14.6 Å². The van der Waals surface area contributed by atoms with Crippen LogP contribution in [0.4, 0.5) is 35.0 Å². The summed E-state index contributed by atoms with van der Waals surface area (Å²) in [7, 11) is 0. The molecule has 2 N–H and O–H groups in total. The Hall–Kier alpha value is -3.60. The van der Waals surface area contributed by atoms with Gasteiger partial charge in [-0.15, -0.1) is 0 Å². The number of hydrogen-bond donors (Lipinski definition) is 2. The van der Waals surface area contributed by atoms with E-state index < -0.39 is 28.3 Å². The number of halogens is 5. The molecule has 0 spiro atoms. The topological polar surface area (TPSA) is 85.0 Å². The van der Waals surface area contributed by atoms with E-state index in [-0.39, 0.29) is 17.5 Å². The number of para-hydroxylation sites is 2. The first-order valence-corrected chi connectivity index (χ1v) is 9.06. The Morgan fingerprint density at radius 3 is 2.68 bits per heavy atom. The number of alkyl halides is 3. The second-order valence-electron chi connectivity index (χ2n) is 6.45. The number of rotatable bonds is 4. The van der Waals surface area contributed by atoms with Crippen LogP contribution in [0.15, 0.2) is 51.8 Å². The Balaban J connectivity index is 1.68. The second kappa shape index (κ2) is 7.58. The Morgan fingerprint density at radius 1 is 1.19 bits per heavy atom. The van der Waals surface area contributed by atoms with Gasteiger partial charge in [-0.25, -0.2) is 14.2 Å². The molecule has 7 nitrogen and oxygen atoms in total. The molecule has 2 aromatic heterocycles. The number of aryl methyl sites for hydroxylation is 1. The molecule has 0 bridgehead atoms. The van der Waals surface area contributed by atoms with Crippen LogP contribution in [0.1, 0.15) is 11.1 Å². The maximum absolute atomic E-state index is 13.7. The minimum Gasteiger partial charge on any atom is -0.406 e. The van der Waals surface area contributed by atoms with E-state index in [1.54, 1.807) is 31.2 Å². The lowest BCUT2D eigenvalue weighted by Gasteiger charge is -2.14. The Bertz CT molecular complexity index is 1350. The summed E-state index contributed by atoms with van der Waals surface area (Å²) in [6.45, 7) is 1.66. The van der Waals surface area contributed by atoms with Crippen molar-refractivity contribution in [3.8, 4) is 0 Å². The van der Waals surface area contributed by atoms with E-state index in [1.165, 1.54) is 6.20 Å². The molecule has 0 aliphatic carbocycles. The third-order valence-corrected chi connectivity index (χ3v) is 4.54. The highest BCUT2D eigenvalue weighted by Crippen LogP contribution is 2.36. The number of benzene rings is 2. The van der Waals surface area contributed by atoms with Crippen LogP contribution in [0.3, 0.4) is 0 Å². The van der Waals surface area contributed by atoms with Crippen LogP contribution in [0, 0.1) is 12.7 Å². The molecule has 12 heteroatoms. The summed E-state index contributed by atoms with van der Waals surface area (Å²) in [6, 6.07) is 8.23. The third kappa shape index (κ3) is 4.04. The molecular formula is C19H12ClF4N5O2. The van der Waals surface area contributed by atoms with Crippen molar-refractivity contribution in [1.82, 2.24) is 14.6 Å². The lowest BCUT2D eigenvalue weighted by molar-refractivity contribution is -0.139. The van der Waals surface area contributed by atoms with Crippen molar-refractivity contribution in [3.63, 3.8) is 0 Å². The van der Waals surface area contributed by atoms with Gasteiger partial charge in [0.1, 0.15) is 5.52 Å². The fourth-order valence-electron chi connectivity index (χ4n) is 2.79. The molecule has 0 amide bonds. The van der Waals surface area contributed by atoms with Gasteiger partial charge in [0.25, 0.3) is 0 Å². The summed E-state index contributed by atoms with van der Waals surface area (Å²) >= 11 is 5.60. The summed E-state index contributed by atoms with van der Waals surface area (Å²) in [4.78, 5) is 20.3. The fraction of sp³-hybridized carbons (Fsp3) is 0.105. The van der Waals surface area contributed by atoms with Gasteiger partial charge < -0.3 is 9.73 Å². The van der Waals surface area contributed by atoms with Crippen LogP contribution in [-0.2, 0) is 6.18 Å². The molecule has 0 radical (unpaired) electrons. The molecular weight excluding hydrogens is 442 g/mol. The fourth-order valence-corrected chi connectivity index (χ4v) is 3.01. The van der Waals surface area contributed by atoms with Crippen molar-refractivity contribution in [3.05, 3.63) is 75.1 Å². The quantitative estimate of drug-likeness (QED) is 0.417. The zero-order valence-corrected chi connectivity index (χ0v) is 16.3. The highest BCUT2D eigenvalue weighted by Gasteiger charge is 2.35. The normalized spacial score (nSPS) is 11.7. The smallest absolute Gasteiger partial charge is 0.406 e. The van der Waals surface area contributed by atoms with Gasteiger partial charge in [0.2, 0.25) is 5.95 Å². The Morgan fingerprint density at radius 2 is 1.94 bits per heavy atom. The molecule has 0 saturated heterocycles. The Labute approximate surface area is 176 Å². The average Bonchev–Trinajstić information content (AvgIpc) is 3.01. The van der Waals surface area contributed by atoms with E-state index in [4.69, 9.17) is 16.0 Å². The molecule has 2 heterocycles. The third-order valence-electron chi connectivity index (χ3n) is 4.27. The summed E-state index contributed by atoms with van der Waals surface area (Å²) in [5.41, 5.74) is 2.46. The van der Waals surface area contributed by atoms with Crippen molar-refractivity contribution >= 4 is 40.2 Å². The minimum atomic E-state index is -4.93. The van der Waals surface area contributed by atoms with Gasteiger partial charge in [0.15, 0.2) is 17.2 Å². The number of oxazole rings is 1. The lowest BCUT2D eigenvalue weighted by atomic mass is 10.2. The predicted octanol–water partition coefficient (Wildman–Crippen LogP) is 5.12. The first-order valence-electron chi connectivity index (χ1n) is 8.68. The summed E-state index contributed by atoms with van der Waals surface area (Å²) in [5, 5.41) is 1.85. The van der Waals surface area contributed by atoms with Gasteiger partial charge in [0, 0.05) is 17.4 Å². The van der Waals surface area contributed by atoms with Gasteiger partial charge in [0.05, 0.1) is 10.6 Å². The van der Waals surface area contributed by atoms with E-state index in [0.29, 0.717) is 22.7 Å². The maximum Gasteiger partial charge on any atom is 0.439 e. The van der Waals surface area contributed by atoms with E-state index in [0.717, 1.165) is 10.7 Å². The standard InChI is InChI=1S/C19H12ClF4N5O2/c1-9-8-25-17(26-10-6-11(19(22,23)24)15(21)12(20)7-10)27-16(9)28-29-13-4-2-3-5-14(13)31-18(29)30/h2-8H,1H3,(H2,25,26,27,28). The minimum absolute atomic E-state index is 0.107. The van der Waals surface area contributed by atoms with E-state index in [2.05, 4.69) is 20.7 Å². The van der Waals surface area contributed by atoms with Crippen LogP contribution in [0.5, 0.6) is 0 Å². The molecule has 0 fully saturated rings. The monoisotopic (exact) mass is 453 g/mol. The van der Waals surface area contributed by atoms with Crippen molar-refractivity contribution in [1.29, 1.82) is 0 Å². The highest BCUT2D eigenvalue weighted by atomic mass is 35.5. The van der Waals surface area contributed by atoms with Crippen LogP contribution in [0.2, 0.25) is 5.02 Å². The van der Waals surface area contributed by atoms with Crippen LogP contribution in [0.25, 0.3) is 11.1 Å². The van der Waals surface area contributed by atoms with Gasteiger partial charge >= 0.3 is 11.9 Å². The molecule has 0 saturated carbocycles. The summed E-state index contributed by atoms with van der Waals surface area (Å²) < 4.78 is 59.1. The van der Waals surface area contributed by atoms with Crippen molar-refractivity contribution < 1.29 is 22.0 Å². The summed E-state index contributed by atoms with van der Waals surface area (Å²) in [5.74, 6) is -2.17. The number of anilines is 3. The van der Waals surface area contributed by atoms with Gasteiger partial charge in [-0.3, -0.25) is 5.43 Å². The van der Waals surface area contributed by atoms with Crippen LogP contribution < -0.4 is 16.5 Å². The summed E-state index contributed by atoms with van der Waals surface area (Å²) in [6.07, 6.45) is -3.55. The van der Waals surface area contributed by atoms with Crippen molar-refractivity contribution in [2.45, 2.75) is 13.1 Å². The van der Waals surface area contributed by atoms with Gasteiger partial charge in [-0.1, -0.05) is 23.7 Å². The molecule has 31 heavy (non-hydrogen) atoms. The molecule has 0 unspecified atom stereocenters. The van der Waals surface area contributed by atoms with Gasteiger partial charge in [-0.2, -0.15) is 22.8 Å². The molecule has 0 aliphatic rings. The first kappa shape index (κ1) is 20.7. The van der Waals surface area contributed by atoms with Gasteiger partial charge in [-0.05, 0) is 31.2 Å². The average molecular weight is 454 g/mol. The lowest BCUT2D eigenvalue weighted by Crippen LogP contribution is -2.23. The predicted molar refractivity (Wildman–Crippen MR) is 106 cm³/mol. The van der Waals surface area contributed by atoms with E-state index in [9.17, 15) is 22.4 Å². The Kier molecular flexibility index (Phi) is 5.05. The second-order valence-corrected chi connectivity index (χ2v) is 6.86. The molecule has 0 atom stereocenters. The zero-order valence-electron chi connectivity index (χ0n) is 15.6.